The molecule has 0 fully saturated rings. The van der Waals surface area contributed by atoms with Gasteiger partial charge in [0.15, 0.2) is 16.3 Å². The number of thiazole rings is 1. The van der Waals surface area contributed by atoms with Crippen LogP contribution >= 0.6 is 43.2 Å². The highest BCUT2D eigenvalue weighted by atomic mass is 79.9. The Hall–Kier alpha value is -4.52. The lowest BCUT2D eigenvalue weighted by molar-refractivity contribution is -0.384. The number of ether oxygens (including phenoxy) is 3. The summed E-state index contributed by atoms with van der Waals surface area (Å²) < 4.78 is 20.9. The van der Waals surface area contributed by atoms with Gasteiger partial charge in [0.05, 0.1) is 44.4 Å². The number of rotatable bonds is 8. The molecule has 5 aromatic rings. The molecule has 0 saturated carbocycles. The molecule has 0 spiro atoms. The zero-order valence-electron chi connectivity index (χ0n) is 25.7. The number of nitrogens with zero attached hydrogens (tertiary/aromatic N) is 3. The van der Waals surface area contributed by atoms with Crippen molar-refractivity contribution in [2.45, 2.75) is 25.5 Å². The van der Waals surface area contributed by atoms with E-state index >= 15 is 0 Å². The highest BCUT2D eigenvalue weighted by Crippen LogP contribution is 2.43. The summed E-state index contributed by atoms with van der Waals surface area (Å²) in [4.78, 5) is 30.6. The van der Waals surface area contributed by atoms with Crippen molar-refractivity contribution in [3.05, 3.63) is 151 Å². The summed E-state index contributed by atoms with van der Waals surface area (Å²) >= 11 is 8.60. The van der Waals surface area contributed by atoms with E-state index < -0.39 is 4.92 Å². The van der Waals surface area contributed by atoms with Crippen LogP contribution in [-0.4, -0.2) is 23.7 Å². The van der Waals surface area contributed by atoms with Gasteiger partial charge in [0, 0.05) is 17.7 Å². The number of nitro groups is 1. The molecule has 242 valence electrons. The summed E-state index contributed by atoms with van der Waals surface area (Å²) in [6.45, 7) is 0.219. The smallest absolute Gasteiger partial charge is 0.271 e. The first-order valence-electron chi connectivity index (χ1n) is 15.0. The lowest BCUT2D eigenvalue weighted by Crippen LogP contribution is -2.38. The van der Waals surface area contributed by atoms with Gasteiger partial charge in [0.25, 0.3) is 11.2 Å². The molecular weight excluding hydrogens is 762 g/mol. The molecule has 0 amide bonds. The molecule has 0 saturated heterocycles. The Labute approximate surface area is 295 Å². The Kier molecular flexibility index (Phi) is 8.80. The summed E-state index contributed by atoms with van der Waals surface area (Å²) in [5.41, 5.74) is 6.75. The molecule has 7 rings (SSSR count). The second kappa shape index (κ2) is 13.2. The molecule has 0 unspecified atom stereocenters. The molecule has 2 aliphatic rings. The van der Waals surface area contributed by atoms with Crippen molar-refractivity contribution in [2.24, 2.45) is 4.99 Å². The molecule has 2 heterocycles. The van der Waals surface area contributed by atoms with E-state index in [1.165, 1.54) is 29.0 Å². The van der Waals surface area contributed by atoms with Gasteiger partial charge < -0.3 is 14.2 Å². The van der Waals surface area contributed by atoms with Crippen LogP contribution in [0.2, 0.25) is 0 Å². The molecule has 48 heavy (non-hydrogen) atoms. The fourth-order valence-electron chi connectivity index (χ4n) is 6.17. The third-order valence-corrected chi connectivity index (χ3v) is 10.6. The largest absolute Gasteiger partial charge is 0.493 e. The Bertz CT molecular complexity index is 2290. The molecule has 0 bridgehead atoms. The Morgan fingerprint density at radius 1 is 0.979 bits per heavy atom. The zero-order valence-corrected chi connectivity index (χ0v) is 29.7. The average molecular weight is 790 g/mol. The van der Waals surface area contributed by atoms with Crippen molar-refractivity contribution >= 4 is 60.7 Å². The van der Waals surface area contributed by atoms with E-state index in [4.69, 9.17) is 19.2 Å². The average Bonchev–Trinajstić information content (AvgIpc) is 3.40. The van der Waals surface area contributed by atoms with Crippen LogP contribution in [-0.2, 0) is 13.0 Å². The van der Waals surface area contributed by atoms with Crippen molar-refractivity contribution in [1.82, 2.24) is 4.57 Å². The predicted octanol–water partition coefficient (Wildman–Crippen LogP) is 7.35. The van der Waals surface area contributed by atoms with Gasteiger partial charge in [-0.05, 0) is 115 Å². The normalized spacial score (nSPS) is 15.2. The van der Waals surface area contributed by atoms with Crippen molar-refractivity contribution in [2.75, 3.05) is 14.2 Å². The Morgan fingerprint density at radius 2 is 1.71 bits per heavy atom. The molecule has 1 aromatic heterocycles. The maximum Gasteiger partial charge on any atom is 0.271 e. The second-order valence-electron chi connectivity index (χ2n) is 11.3. The number of benzene rings is 4. The van der Waals surface area contributed by atoms with E-state index in [-0.39, 0.29) is 23.9 Å². The molecule has 12 heteroatoms. The first-order valence-corrected chi connectivity index (χ1v) is 17.4. The molecule has 0 radical (unpaired) electrons. The first-order chi connectivity index (χ1) is 23.2. The third-order valence-electron chi connectivity index (χ3n) is 8.44. The van der Waals surface area contributed by atoms with Crippen molar-refractivity contribution < 1.29 is 19.1 Å². The van der Waals surface area contributed by atoms with Gasteiger partial charge in [-0.2, -0.15) is 0 Å². The van der Waals surface area contributed by atoms with E-state index in [1.807, 2.05) is 42.5 Å². The Balaban J connectivity index is 1.29. The number of allylic oxidation sites excluding steroid dienone is 1. The number of fused-ring (bicyclic) bond motifs is 3. The summed E-state index contributed by atoms with van der Waals surface area (Å²) in [6.07, 6.45) is 3.50. The van der Waals surface area contributed by atoms with Crippen LogP contribution in [0.4, 0.5) is 5.69 Å². The minimum atomic E-state index is -0.433. The number of non-ortho nitro benzene ring substituents is 1. The van der Waals surface area contributed by atoms with Crippen LogP contribution in [0.15, 0.2) is 103 Å². The molecule has 1 atom stereocenters. The zero-order chi connectivity index (χ0) is 33.5. The van der Waals surface area contributed by atoms with Crippen LogP contribution < -0.4 is 29.1 Å². The number of nitro benzene ring substituents is 1. The minimum Gasteiger partial charge on any atom is -0.493 e. The number of aromatic nitrogens is 1. The lowest BCUT2D eigenvalue weighted by Gasteiger charge is -2.31. The molecule has 0 N–H and O–H groups in total. The number of halogens is 2. The van der Waals surface area contributed by atoms with E-state index in [9.17, 15) is 14.9 Å². The van der Waals surface area contributed by atoms with E-state index in [1.54, 1.807) is 30.9 Å². The minimum absolute atomic E-state index is 0.0239. The summed E-state index contributed by atoms with van der Waals surface area (Å²) in [5.74, 6) is 1.79. The van der Waals surface area contributed by atoms with Crippen LogP contribution in [0.5, 0.6) is 17.2 Å². The standard InChI is InChI=1S/C36H27Br2N3O6S/c1-45-29-14-10-23(18-30(29)46-2)33-26-13-9-22-5-3-4-6-25(22)32(26)39-36-40(33)35(42)31(48-36)17-21-15-27(37)34(28(38)16-21)47-19-20-7-11-24(12-8-20)41(43)44/h3-8,10-12,14-18,33H,9,13,19H2,1-2H3/b31-17-/t33-/m1/s1. The highest BCUT2D eigenvalue weighted by molar-refractivity contribution is 9.11. The molecule has 9 nitrogen and oxygen atoms in total. The second-order valence-corrected chi connectivity index (χ2v) is 14.0. The maximum atomic E-state index is 14.3. The van der Waals surface area contributed by atoms with Crippen molar-refractivity contribution in [3.63, 3.8) is 0 Å². The summed E-state index contributed by atoms with van der Waals surface area (Å²) in [5, 5.41) is 11.0. The van der Waals surface area contributed by atoms with Gasteiger partial charge >= 0.3 is 0 Å². The first kappa shape index (κ1) is 32.0. The molecule has 4 aromatic carbocycles. The van der Waals surface area contributed by atoms with Crippen molar-refractivity contribution in [1.29, 1.82) is 0 Å². The molecular formula is C36H27Br2N3O6S. The van der Waals surface area contributed by atoms with Gasteiger partial charge in [-0.1, -0.05) is 41.7 Å². The molecule has 1 aliphatic carbocycles. The quantitative estimate of drug-likeness (QED) is 0.120. The monoisotopic (exact) mass is 787 g/mol. The number of hydrogen-bond donors (Lipinski definition) is 0. The lowest BCUT2D eigenvalue weighted by atomic mass is 9.83. The van der Waals surface area contributed by atoms with Crippen LogP contribution in [0.1, 0.15) is 40.3 Å². The summed E-state index contributed by atoms with van der Waals surface area (Å²) in [7, 11) is 3.21. The maximum absolute atomic E-state index is 14.3. The van der Waals surface area contributed by atoms with Gasteiger partial charge in [0.1, 0.15) is 12.4 Å². The fraction of sp³-hybridized carbons (Fsp3) is 0.167. The van der Waals surface area contributed by atoms with E-state index in [2.05, 4.69) is 50.1 Å². The number of methoxy groups -OCH3 is 2. The van der Waals surface area contributed by atoms with E-state index in [0.29, 0.717) is 35.5 Å². The number of hydrogen-bond acceptors (Lipinski definition) is 8. The summed E-state index contributed by atoms with van der Waals surface area (Å²) in [6, 6.07) is 23.8. The van der Waals surface area contributed by atoms with Gasteiger partial charge in [-0.25, -0.2) is 4.99 Å². The van der Waals surface area contributed by atoms with Gasteiger partial charge in [-0.3, -0.25) is 19.5 Å². The number of aryl methyl sites for hydroxylation is 1. The SMILES string of the molecule is COc1ccc([C@@H]2C3=C(N=c4s/c(=C\c5cc(Br)c(OCc6ccc([N+](=O)[O-])cc6)c(Br)c5)c(=O)n42)c2ccccc2CC3)cc1OC. The highest BCUT2D eigenvalue weighted by Gasteiger charge is 2.33. The Morgan fingerprint density at radius 3 is 2.42 bits per heavy atom. The van der Waals surface area contributed by atoms with Gasteiger partial charge in [-0.15, -0.1) is 0 Å². The fourth-order valence-corrected chi connectivity index (χ4v) is 8.62. The van der Waals surface area contributed by atoms with Crippen LogP contribution in [0.3, 0.4) is 0 Å². The van der Waals surface area contributed by atoms with Crippen LogP contribution in [0.25, 0.3) is 11.8 Å². The predicted molar refractivity (Wildman–Crippen MR) is 192 cm³/mol. The van der Waals surface area contributed by atoms with Crippen molar-refractivity contribution in [3.8, 4) is 17.2 Å². The topological polar surface area (TPSA) is 105 Å². The van der Waals surface area contributed by atoms with E-state index in [0.717, 1.165) is 46.4 Å². The third kappa shape index (κ3) is 5.88. The molecule has 1 aliphatic heterocycles. The van der Waals surface area contributed by atoms with Crippen LogP contribution in [0, 0.1) is 10.1 Å². The van der Waals surface area contributed by atoms with Gasteiger partial charge in [0.2, 0.25) is 0 Å².